The second-order valence-electron chi connectivity index (χ2n) is 6.45. The maximum atomic E-state index is 12.9. The van der Waals surface area contributed by atoms with Crippen LogP contribution in [-0.2, 0) is 10.9 Å². The number of pyridine rings is 1. The second-order valence-corrected chi connectivity index (χ2v) is 6.45. The van der Waals surface area contributed by atoms with Crippen molar-refractivity contribution in [2.75, 3.05) is 18.0 Å². The summed E-state index contributed by atoms with van der Waals surface area (Å²) in [5.41, 5.74) is 4.34. The monoisotopic (exact) mass is 327 g/mol. The number of halogens is 3. The Morgan fingerprint density at radius 1 is 1.22 bits per heavy atom. The van der Waals surface area contributed by atoms with Gasteiger partial charge in [0.05, 0.1) is 17.8 Å². The molecule has 8 heteroatoms. The van der Waals surface area contributed by atoms with E-state index in [2.05, 4.69) is 4.98 Å². The number of carbonyl (C=O) groups excluding carboxylic acids is 1. The van der Waals surface area contributed by atoms with Gasteiger partial charge in [-0.25, -0.2) is 4.98 Å². The minimum absolute atomic E-state index is 0.0336. The minimum atomic E-state index is -4.55. The Bertz CT molecular complexity index is 646. The van der Waals surface area contributed by atoms with Gasteiger partial charge in [0, 0.05) is 24.9 Å². The highest BCUT2D eigenvalue weighted by Crippen LogP contribution is 2.48. The van der Waals surface area contributed by atoms with Crippen LogP contribution in [0, 0.1) is 11.8 Å². The number of hydrogen-bond acceptors (Lipinski definition) is 4. The van der Waals surface area contributed by atoms with Gasteiger partial charge >= 0.3 is 6.18 Å². The number of nitrogens with two attached hydrogens (primary N) is 1. The predicted octanol–water partition coefficient (Wildman–Crippen LogP) is 1.81. The summed E-state index contributed by atoms with van der Waals surface area (Å²) < 4.78 is 44.7. The first-order chi connectivity index (χ1) is 10.8. The lowest BCUT2D eigenvalue weighted by Crippen LogP contribution is -2.29. The molecule has 0 saturated carbocycles. The van der Waals surface area contributed by atoms with Gasteiger partial charge < -0.3 is 15.4 Å². The van der Waals surface area contributed by atoms with Gasteiger partial charge in [-0.3, -0.25) is 4.79 Å². The molecular formula is C15H16F3N3O2. The number of rotatable bonds is 2. The summed E-state index contributed by atoms with van der Waals surface area (Å²) in [6.07, 6.45) is -2.20. The third-order valence-corrected chi connectivity index (χ3v) is 5.18. The van der Waals surface area contributed by atoms with E-state index in [1.807, 2.05) is 0 Å². The normalized spacial score (nSPS) is 32.4. The average Bonchev–Trinajstić information content (AvgIpc) is 3.18. The summed E-state index contributed by atoms with van der Waals surface area (Å²) in [6.45, 7) is 1.11. The molecule has 3 saturated heterocycles. The van der Waals surface area contributed by atoms with Crippen LogP contribution in [0.2, 0.25) is 0 Å². The van der Waals surface area contributed by atoms with Crippen molar-refractivity contribution in [3.63, 3.8) is 0 Å². The molecule has 0 spiro atoms. The summed E-state index contributed by atoms with van der Waals surface area (Å²) in [7, 11) is 0. The van der Waals surface area contributed by atoms with Crippen LogP contribution in [0.3, 0.4) is 0 Å². The Labute approximate surface area is 130 Å². The van der Waals surface area contributed by atoms with Crippen LogP contribution in [0.4, 0.5) is 19.0 Å². The zero-order valence-electron chi connectivity index (χ0n) is 12.2. The third-order valence-electron chi connectivity index (χ3n) is 5.18. The van der Waals surface area contributed by atoms with Crippen LogP contribution in [0.5, 0.6) is 0 Å². The molecule has 0 unspecified atom stereocenters. The first-order valence-electron chi connectivity index (χ1n) is 7.63. The van der Waals surface area contributed by atoms with Gasteiger partial charge in [0.15, 0.2) is 0 Å². The van der Waals surface area contributed by atoms with E-state index in [1.165, 1.54) is 0 Å². The van der Waals surface area contributed by atoms with Crippen LogP contribution in [0.15, 0.2) is 12.1 Å². The standard InChI is InChI=1S/C15H16F3N3O2/c16-15(17,18)12-4-1-7(13(19)22)14(20-12)21-5-8-9(6-21)11-3-2-10(8)23-11/h1,4,8-11H,2-3,5-6H2,(H2,19,22)/t8-,9+,10+,11-. The fourth-order valence-electron chi connectivity index (χ4n) is 4.17. The van der Waals surface area contributed by atoms with Crippen molar-refractivity contribution in [2.24, 2.45) is 17.6 Å². The highest BCUT2D eigenvalue weighted by molar-refractivity contribution is 5.97. The average molecular weight is 327 g/mol. The Morgan fingerprint density at radius 2 is 1.83 bits per heavy atom. The summed E-state index contributed by atoms with van der Waals surface area (Å²) in [5, 5.41) is 0. The van der Waals surface area contributed by atoms with E-state index < -0.39 is 17.8 Å². The summed E-state index contributed by atoms with van der Waals surface area (Å²) >= 11 is 0. The van der Waals surface area contributed by atoms with E-state index in [-0.39, 0.29) is 23.6 Å². The van der Waals surface area contributed by atoms with Crippen molar-refractivity contribution >= 4 is 11.7 Å². The molecule has 2 N–H and O–H groups in total. The van der Waals surface area contributed by atoms with Gasteiger partial charge in [0.1, 0.15) is 11.5 Å². The molecule has 3 aliphatic rings. The molecule has 4 heterocycles. The Hall–Kier alpha value is -1.83. The predicted molar refractivity (Wildman–Crippen MR) is 74.8 cm³/mol. The summed E-state index contributed by atoms with van der Waals surface area (Å²) in [5.74, 6) is -0.129. The fraction of sp³-hybridized carbons (Fsp3) is 0.600. The molecule has 5 nitrogen and oxygen atoms in total. The largest absolute Gasteiger partial charge is 0.433 e. The SMILES string of the molecule is NC(=O)c1ccc(C(F)(F)F)nc1N1C[C@@H]2[C@H](C1)[C@H]1CC[C@@H]2O1. The molecule has 23 heavy (non-hydrogen) atoms. The number of hydrogen-bond donors (Lipinski definition) is 1. The van der Waals surface area contributed by atoms with E-state index in [4.69, 9.17) is 10.5 Å². The van der Waals surface area contributed by atoms with Gasteiger partial charge in [-0.05, 0) is 25.0 Å². The number of alkyl halides is 3. The Kier molecular flexibility index (Phi) is 3.10. The number of anilines is 1. The minimum Gasteiger partial charge on any atom is -0.374 e. The topological polar surface area (TPSA) is 68.5 Å². The molecule has 1 aromatic heterocycles. The quantitative estimate of drug-likeness (QED) is 0.899. The molecule has 124 valence electrons. The smallest absolute Gasteiger partial charge is 0.374 e. The lowest BCUT2D eigenvalue weighted by Gasteiger charge is -2.22. The van der Waals surface area contributed by atoms with E-state index in [1.54, 1.807) is 4.90 Å². The van der Waals surface area contributed by atoms with Crippen LogP contribution < -0.4 is 10.6 Å². The molecule has 4 rings (SSSR count). The zero-order valence-corrected chi connectivity index (χ0v) is 12.2. The van der Waals surface area contributed by atoms with Crippen molar-refractivity contribution < 1.29 is 22.7 Å². The first kappa shape index (κ1) is 14.7. The summed E-state index contributed by atoms with van der Waals surface area (Å²) in [4.78, 5) is 17.0. The van der Waals surface area contributed by atoms with Crippen molar-refractivity contribution in [1.29, 1.82) is 0 Å². The zero-order chi connectivity index (χ0) is 16.4. The molecular weight excluding hydrogens is 311 g/mol. The molecule has 3 aliphatic heterocycles. The molecule has 1 aromatic rings. The van der Waals surface area contributed by atoms with Gasteiger partial charge in [0.2, 0.25) is 0 Å². The molecule has 0 aliphatic carbocycles. The van der Waals surface area contributed by atoms with Crippen LogP contribution in [0.25, 0.3) is 0 Å². The number of ether oxygens (including phenoxy) is 1. The van der Waals surface area contributed by atoms with E-state index >= 15 is 0 Å². The summed E-state index contributed by atoms with van der Waals surface area (Å²) in [6, 6.07) is 1.92. The molecule has 0 radical (unpaired) electrons. The van der Waals surface area contributed by atoms with Crippen LogP contribution in [-0.4, -0.2) is 36.2 Å². The van der Waals surface area contributed by atoms with E-state index in [0.29, 0.717) is 24.9 Å². The van der Waals surface area contributed by atoms with Gasteiger partial charge in [-0.1, -0.05) is 0 Å². The molecule has 0 aromatic carbocycles. The van der Waals surface area contributed by atoms with Crippen molar-refractivity contribution in [3.8, 4) is 0 Å². The fourth-order valence-corrected chi connectivity index (χ4v) is 4.17. The van der Waals surface area contributed by atoms with E-state index in [9.17, 15) is 18.0 Å². The highest BCUT2D eigenvalue weighted by atomic mass is 19.4. The van der Waals surface area contributed by atoms with Crippen molar-refractivity contribution in [2.45, 2.75) is 31.2 Å². The third kappa shape index (κ3) is 2.27. The first-order valence-corrected chi connectivity index (χ1v) is 7.63. The lowest BCUT2D eigenvalue weighted by molar-refractivity contribution is -0.141. The number of fused-ring (bicyclic) bond motifs is 5. The van der Waals surface area contributed by atoms with Gasteiger partial charge in [-0.2, -0.15) is 13.2 Å². The Balaban J connectivity index is 1.69. The van der Waals surface area contributed by atoms with E-state index in [0.717, 1.165) is 25.0 Å². The number of aromatic nitrogens is 1. The van der Waals surface area contributed by atoms with Gasteiger partial charge in [0.25, 0.3) is 5.91 Å². The number of primary amides is 1. The number of carbonyl (C=O) groups is 1. The second kappa shape index (κ2) is 4.83. The molecule has 2 bridgehead atoms. The van der Waals surface area contributed by atoms with Gasteiger partial charge in [-0.15, -0.1) is 0 Å². The highest BCUT2D eigenvalue weighted by Gasteiger charge is 2.53. The maximum Gasteiger partial charge on any atom is 0.433 e. The maximum absolute atomic E-state index is 12.9. The van der Waals surface area contributed by atoms with Crippen molar-refractivity contribution in [3.05, 3.63) is 23.4 Å². The van der Waals surface area contributed by atoms with Crippen molar-refractivity contribution in [1.82, 2.24) is 4.98 Å². The van der Waals surface area contributed by atoms with Crippen LogP contribution in [0.1, 0.15) is 28.9 Å². The lowest BCUT2D eigenvalue weighted by atomic mass is 9.82. The number of amides is 1. The Morgan fingerprint density at radius 3 is 2.35 bits per heavy atom. The molecule has 4 atom stereocenters. The van der Waals surface area contributed by atoms with Crippen LogP contribution >= 0.6 is 0 Å². The molecule has 3 fully saturated rings. The number of nitrogens with zero attached hydrogens (tertiary/aromatic N) is 2. The molecule has 1 amide bonds.